The average Bonchev–Trinajstić information content (AvgIpc) is 3.25. The van der Waals surface area contributed by atoms with Gasteiger partial charge >= 0.3 is 13.3 Å². The molecule has 5 rings (SSSR count). The molecule has 1 aliphatic heterocycles. The summed E-state index contributed by atoms with van der Waals surface area (Å²) < 4.78 is 62.7. The molecule has 1 N–H and O–H groups in total. The average molecular weight is 609 g/mol. The third-order valence-corrected chi connectivity index (χ3v) is 9.00. The summed E-state index contributed by atoms with van der Waals surface area (Å²) in [6.07, 6.45) is -3.43. The molecule has 0 saturated carbocycles. The van der Waals surface area contributed by atoms with Gasteiger partial charge in [0.1, 0.15) is 12.6 Å². The van der Waals surface area contributed by atoms with E-state index in [4.69, 9.17) is 19.0 Å². The zero-order chi connectivity index (χ0) is 28.7. The van der Waals surface area contributed by atoms with Crippen LogP contribution in [0, 0.1) is 5.41 Å². The van der Waals surface area contributed by atoms with Gasteiger partial charge in [-0.25, -0.2) is 0 Å². The number of fused-ring (bicyclic) bond motifs is 5. The Hall–Kier alpha value is -1.92. The Bertz CT molecular complexity index is 1420. The Kier molecular flexibility index (Phi) is 6.83. The molecule has 1 aliphatic carbocycles. The zero-order valence-electron chi connectivity index (χ0n) is 23.1. The molecule has 1 fully saturated rings. The lowest BCUT2D eigenvalue weighted by Crippen LogP contribution is -2.41. The van der Waals surface area contributed by atoms with E-state index in [1.54, 1.807) is 25.4 Å². The summed E-state index contributed by atoms with van der Waals surface area (Å²) in [5.74, 6) is -0.475. The number of ether oxygens (including phenoxy) is 1. The smallest absolute Gasteiger partial charge is 0.399 e. The van der Waals surface area contributed by atoms with E-state index in [-0.39, 0.29) is 6.61 Å². The van der Waals surface area contributed by atoms with Crippen LogP contribution in [0.25, 0.3) is 22.2 Å². The highest BCUT2D eigenvalue weighted by atomic mass is 79.9. The first-order chi connectivity index (χ1) is 18.0. The van der Waals surface area contributed by atoms with Crippen molar-refractivity contribution >= 4 is 39.4 Å². The van der Waals surface area contributed by atoms with Gasteiger partial charge in [0.15, 0.2) is 0 Å². The third-order valence-electron chi connectivity index (χ3n) is 8.51. The van der Waals surface area contributed by atoms with Crippen LogP contribution in [0.3, 0.4) is 0 Å². The van der Waals surface area contributed by atoms with E-state index in [1.807, 2.05) is 53.7 Å². The van der Waals surface area contributed by atoms with Crippen LogP contribution in [0.4, 0.5) is 13.2 Å². The molecule has 0 spiro atoms. The van der Waals surface area contributed by atoms with Crippen LogP contribution in [-0.4, -0.2) is 52.9 Å². The fourth-order valence-corrected chi connectivity index (χ4v) is 6.13. The number of rotatable bonds is 5. The first kappa shape index (κ1) is 28.6. The van der Waals surface area contributed by atoms with E-state index in [0.29, 0.717) is 38.9 Å². The van der Waals surface area contributed by atoms with E-state index in [9.17, 15) is 18.3 Å². The van der Waals surface area contributed by atoms with Crippen molar-refractivity contribution in [1.82, 2.24) is 9.55 Å². The number of halogens is 4. The van der Waals surface area contributed by atoms with Crippen LogP contribution in [0.2, 0.25) is 0 Å². The summed E-state index contributed by atoms with van der Waals surface area (Å²) in [4.78, 5) is 4.76. The van der Waals surface area contributed by atoms with Crippen molar-refractivity contribution < 1.29 is 32.3 Å². The SMILES string of the molecule is CO[C@@H]1c2ncc(B3OC(C)(C)C(C)(C)O3)cc2-c2c(c3cc(Br)ccc3n2CC(F)(F)F)C1C(C)(C)CO. The number of methoxy groups -OCH3 is 1. The monoisotopic (exact) mass is 608 g/mol. The number of pyridine rings is 1. The summed E-state index contributed by atoms with van der Waals surface area (Å²) in [5, 5.41) is 11.1. The number of alkyl halides is 3. The van der Waals surface area contributed by atoms with Gasteiger partial charge in [0.2, 0.25) is 0 Å². The fraction of sp³-hybridized carbons (Fsp3) is 0.536. The van der Waals surface area contributed by atoms with Gasteiger partial charge in [0.25, 0.3) is 0 Å². The Balaban J connectivity index is 1.84. The second-order valence-corrected chi connectivity index (χ2v) is 13.1. The number of aliphatic hydroxyl groups excluding tert-OH is 1. The lowest BCUT2D eigenvalue weighted by Gasteiger charge is -2.41. The van der Waals surface area contributed by atoms with Crippen molar-refractivity contribution in [3.63, 3.8) is 0 Å². The Morgan fingerprint density at radius 1 is 1.13 bits per heavy atom. The Morgan fingerprint density at radius 2 is 1.77 bits per heavy atom. The highest BCUT2D eigenvalue weighted by Gasteiger charge is 2.53. The van der Waals surface area contributed by atoms with E-state index < -0.39 is 48.5 Å². The lowest BCUT2D eigenvalue weighted by molar-refractivity contribution is -0.139. The number of aliphatic hydroxyl groups is 1. The second-order valence-electron chi connectivity index (χ2n) is 12.2. The minimum atomic E-state index is -4.47. The van der Waals surface area contributed by atoms with Crippen LogP contribution < -0.4 is 5.46 Å². The highest BCUT2D eigenvalue weighted by molar-refractivity contribution is 9.10. The minimum absolute atomic E-state index is 0.196. The largest absolute Gasteiger partial charge is 0.496 e. The van der Waals surface area contributed by atoms with Crippen molar-refractivity contribution in [2.45, 2.75) is 77.5 Å². The molecule has 0 amide bonds. The molecule has 0 bridgehead atoms. The fourth-order valence-electron chi connectivity index (χ4n) is 5.77. The van der Waals surface area contributed by atoms with E-state index >= 15 is 0 Å². The molecular weight excluding hydrogens is 576 g/mol. The van der Waals surface area contributed by atoms with Gasteiger partial charge in [0, 0.05) is 52.2 Å². The molecule has 2 aliphatic rings. The summed E-state index contributed by atoms with van der Waals surface area (Å²) in [6.45, 7) is 10.2. The first-order valence-electron chi connectivity index (χ1n) is 12.9. The van der Waals surface area contributed by atoms with Gasteiger partial charge in [-0.1, -0.05) is 29.8 Å². The summed E-state index contributed by atoms with van der Waals surface area (Å²) >= 11 is 3.50. The number of hydrogen-bond donors (Lipinski definition) is 1. The Labute approximate surface area is 235 Å². The molecule has 2 aromatic heterocycles. The molecule has 210 valence electrons. The second kappa shape index (κ2) is 9.31. The van der Waals surface area contributed by atoms with Crippen molar-refractivity contribution in [2.24, 2.45) is 5.41 Å². The molecule has 1 aromatic carbocycles. The first-order valence-corrected chi connectivity index (χ1v) is 13.7. The van der Waals surface area contributed by atoms with E-state index in [1.165, 1.54) is 4.57 Å². The van der Waals surface area contributed by atoms with Crippen LogP contribution in [0.1, 0.15) is 64.8 Å². The van der Waals surface area contributed by atoms with Gasteiger partial charge in [-0.05, 0) is 62.9 Å². The molecule has 39 heavy (non-hydrogen) atoms. The Morgan fingerprint density at radius 3 is 2.33 bits per heavy atom. The number of hydrogen-bond acceptors (Lipinski definition) is 5. The molecule has 1 saturated heterocycles. The minimum Gasteiger partial charge on any atom is -0.399 e. The van der Waals surface area contributed by atoms with Crippen molar-refractivity contribution in [1.29, 1.82) is 0 Å². The molecule has 3 heterocycles. The van der Waals surface area contributed by atoms with Gasteiger partial charge in [0.05, 0.1) is 22.6 Å². The normalized spacial score (nSPS) is 22.3. The van der Waals surface area contributed by atoms with E-state index in [0.717, 1.165) is 4.47 Å². The standard InChI is InChI=1S/C28H33BBrF3N2O4/c1-25(2,14-36)21-20-17-11-16(30)8-9-19(17)35(13-28(31,32)33)23(20)18-10-15(12-34-22(18)24(21)37-7)29-38-26(3,4)27(5,6)39-29/h8-12,21,24,36H,13-14H2,1-7H3/t21?,24-/m0/s1. The van der Waals surface area contributed by atoms with Gasteiger partial charge in [-0.3, -0.25) is 4.98 Å². The molecule has 3 aromatic rings. The van der Waals surface area contributed by atoms with Crippen LogP contribution in [-0.2, 0) is 20.6 Å². The van der Waals surface area contributed by atoms with Crippen molar-refractivity contribution in [2.75, 3.05) is 13.7 Å². The summed E-state index contributed by atoms with van der Waals surface area (Å²) in [5.41, 5.74) is 1.29. The third kappa shape index (κ3) is 4.64. The number of nitrogens with zero attached hydrogens (tertiary/aromatic N) is 2. The molecule has 0 radical (unpaired) electrons. The van der Waals surface area contributed by atoms with Gasteiger partial charge < -0.3 is 23.7 Å². The summed E-state index contributed by atoms with van der Waals surface area (Å²) in [7, 11) is 0.826. The quantitative estimate of drug-likeness (QED) is 0.353. The zero-order valence-corrected chi connectivity index (χ0v) is 24.7. The molecular formula is C28H33BBrF3N2O4. The van der Waals surface area contributed by atoms with Crippen molar-refractivity contribution in [3.8, 4) is 11.3 Å². The number of benzene rings is 1. The molecule has 6 nitrogen and oxygen atoms in total. The highest BCUT2D eigenvalue weighted by Crippen LogP contribution is 2.57. The predicted molar refractivity (Wildman–Crippen MR) is 148 cm³/mol. The maximum Gasteiger partial charge on any atom is 0.496 e. The summed E-state index contributed by atoms with van der Waals surface area (Å²) in [6, 6.07) is 7.09. The van der Waals surface area contributed by atoms with Crippen LogP contribution in [0.15, 0.2) is 34.9 Å². The lowest BCUT2D eigenvalue weighted by atomic mass is 9.66. The van der Waals surface area contributed by atoms with Gasteiger partial charge in [-0.2, -0.15) is 13.2 Å². The number of aromatic nitrogens is 2. The van der Waals surface area contributed by atoms with Crippen molar-refractivity contribution in [3.05, 3.63) is 46.2 Å². The maximum absolute atomic E-state index is 14.1. The van der Waals surface area contributed by atoms with Crippen LogP contribution >= 0.6 is 15.9 Å². The van der Waals surface area contributed by atoms with Gasteiger partial charge in [-0.15, -0.1) is 0 Å². The van der Waals surface area contributed by atoms with Crippen LogP contribution in [0.5, 0.6) is 0 Å². The predicted octanol–water partition coefficient (Wildman–Crippen LogP) is 6.13. The molecule has 11 heteroatoms. The maximum atomic E-state index is 14.1. The topological polar surface area (TPSA) is 65.7 Å². The molecule has 1 unspecified atom stereocenters. The molecule has 2 atom stereocenters. The van der Waals surface area contributed by atoms with E-state index in [2.05, 4.69) is 15.9 Å².